The molecule has 0 atom stereocenters. The molecule has 0 bridgehead atoms. The first-order chi connectivity index (χ1) is 7.38. The minimum atomic E-state index is 0.753. The molecular formula is C11H21N3O. The van der Waals surface area contributed by atoms with E-state index in [4.69, 9.17) is 4.74 Å². The number of methoxy groups -OCH3 is 1. The van der Waals surface area contributed by atoms with Crippen molar-refractivity contribution < 1.29 is 4.74 Å². The van der Waals surface area contributed by atoms with Gasteiger partial charge in [0.05, 0.1) is 18.6 Å². The fourth-order valence-corrected chi connectivity index (χ4v) is 1.42. The molecule has 0 amide bonds. The Morgan fingerprint density at radius 2 is 2.40 bits per heavy atom. The molecule has 0 saturated carbocycles. The SMILES string of the molecule is CCCCn1cncc1CNCCOC. The highest BCUT2D eigenvalue weighted by Gasteiger charge is 2.00. The third-order valence-corrected chi connectivity index (χ3v) is 2.34. The zero-order valence-corrected chi connectivity index (χ0v) is 9.70. The molecule has 15 heavy (non-hydrogen) atoms. The predicted molar refractivity (Wildman–Crippen MR) is 60.7 cm³/mol. The number of ether oxygens (including phenoxy) is 1. The van der Waals surface area contributed by atoms with Gasteiger partial charge in [-0.05, 0) is 6.42 Å². The van der Waals surface area contributed by atoms with Crippen LogP contribution in [-0.2, 0) is 17.8 Å². The average molecular weight is 211 g/mol. The zero-order chi connectivity index (χ0) is 10.9. The maximum Gasteiger partial charge on any atom is 0.0948 e. The van der Waals surface area contributed by atoms with E-state index in [0.717, 1.165) is 26.2 Å². The zero-order valence-electron chi connectivity index (χ0n) is 9.70. The molecule has 1 heterocycles. The van der Waals surface area contributed by atoms with Gasteiger partial charge in [0.1, 0.15) is 0 Å². The summed E-state index contributed by atoms with van der Waals surface area (Å²) in [6.07, 6.45) is 6.26. The Bertz CT molecular complexity index is 260. The molecule has 0 aliphatic heterocycles. The lowest BCUT2D eigenvalue weighted by Crippen LogP contribution is -2.20. The first kappa shape index (κ1) is 12.2. The standard InChI is InChI=1S/C11H21N3O/c1-3-4-6-14-10-13-9-11(14)8-12-5-7-15-2/h9-10,12H,3-8H2,1-2H3. The number of aryl methyl sites for hydroxylation is 1. The van der Waals surface area contributed by atoms with E-state index >= 15 is 0 Å². The van der Waals surface area contributed by atoms with E-state index in [1.807, 2.05) is 12.5 Å². The van der Waals surface area contributed by atoms with Crippen molar-refractivity contribution in [2.75, 3.05) is 20.3 Å². The Kier molecular flexibility index (Phi) is 6.04. The van der Waals surface area contributed by atoms with Crippen LogP contribution in [0.25, 0.3) is 0 Å². The van der Waals surface area contributed by atoms with Gasteiger partial charge in [0.25, 0.3) is 0 Å². The van der Waals surface area contributed by atoms with Gasteiger partial charge in [0.2, 0.25) is 0 Å². The minimum absolute atomic E-state index is 0.753. The molecule has 0 saturated heterocycles. The molecule has 0 unspecified atom stereocenters. The van der Waals surface area contributed by atoms with Crippen molar-refractivity contribution in [1.29, 1.82) is 0 Å². The summed E-state index contributed by atoms with van der Waals surface area (Å²) in [5, 5.41) is 3.32. The quantitative estimate of drug-likeness (QED) is 0.661. The van der Waals surface area contributed by atoms with Crippen LogP contribution in [0, 0.1) is 0 Å². The highest BCUT2D eigenvalue weighted by Crippen LogP contribution is 2.01. The van der Waals surface area contributed by atoms with Crippen LogP contribution in [0.2, 0.25) is 0 Å². The van der Waals surface area contributed by atoms with Crippen LogP contribution in [-0.4, -0.2) is 29.8 Å². The summed E-state index contributed by atoms with van der Waals surface area (Å²) in [6, 6.07) is 0. The van der Waals surface area contributed by atoms with E-state index in [-0.39, 0.29) is 0 Å². The average Bonchev–Trinajstić information content (AvgIpc) is 2.69. The number of imidazole rings is 1. The molecule has 0 aliphatic carbocycles. The first-order valence-corrected chi connectivity index (χ1v) is 5.57. The van der Waals surface area contributed by atoms with Crippen LogP contribution < -0.4 is 5.32 Å². The highest BCUT2D eigenvalue weighted by molar-refractivity contribution is 4.97. The van der Waals surface area contributed by atoms with Crippen molar-refractivity contribution >= 4 is 0 Å². The molecule has 1 rings (SSSR count). The van der Waals surface area contributed by atoms with Crippen LogP contribution in [0.5, 0.6) is 0 Å². The van der Waals surface area contributed by atoms with Gasteiger partial charge in [-0.2, -0.15) is 0 Å². The molecule has 0 radical (unpaired) electrons. The second-order valence-corrected chi connectivity index (χ2v) is 3.60. The summed E-state index contributed by atoms with van der Waals surface area (Å²) >= 11 is 0. The predicted octanol–water partition coefficient (Wildman–Crippen LogP) is 1.42. The summed E-state index contributed by atoms with van der Waals surface area (Å²) < 4.78 is 7.18. The van der Waals surface area contributed by atoms with E-state index in [1.165, 1.54) is 18.5 Å². The molecule has 0 fully saturated rings. The Hall–Kier alpha value is -0.870. The summed E-state index contributed by atoms with van der Waals surface area (Å²) in [5.41, 5.74) is 1.25. The number of nitrogens with zero attached hydrogens (tertiary/aromatic N) is 2. The Morgan fingerprint density at radius 1 is 1.53 bits per heavy atom. The number of nitrogens with one attached hydrogen (secondary N) is 1. The molecule has 4 heteroatoms. The number of hydrogen-bond acceptors (Lipinski definition) is 3. The van der Waals surface area contributed by atoms with Crippen molar-refractivity contribution in [3.05, 3.63) is 18.2 Å². The Balaban J connectivity index is 2.29. The summed E-state index contributed by atoms with van der Waals surface area (Å²) in [7, 11) is 1.72. The van der Waals surface area contributed by atoms with Crippen molar-refractivity contribution in [2.45, 2.75) is 32.9 Å². The molecule has 0 aromatic carbocycles. The fraction of sp³-hybridized carbons (Fsp3) is 0.727. The van der Waals surface area contributed by atoms with Gasteiger partial charge in [-0.3, -0.25) is 0 Å². The van der Waals surface area contributed by atoms with Gasteiger partial charge in [-0.25, -0.2) is 4.98 Å². The Labute approximate surface area is 91.7 Å². The van der Waals surface area contributed by atoms with Crippen LogP contribution in [0.3, 0.4) is 0 Å². The number of aromatic nitrogens is 2. The molecule has 1 aromatic heterocycles. The third kappa shape index (κ3) is 4.44. The molecule has 4 nitrogen and oxygen atoms in total. The molecule has 0 spiro atoms. The van der Waals surface area contributed by atoms with Gasteiger partial charge >= 0.3 is 0 Å². The lowest BCUT2D eigenvalue weighted by Gasteiger charge is -2.08. The van der Waals surface area contributed by atoms with Crippen molar-refractivity contribution in [3.8, 4) is 0 Å². The lowest BCUT2D eigenvalue weighted by molar-refractivity contribution is 0.199. The molecular weight excluding hydrogens is 190 g/mol. The fourth-order valence-electron chi connectivity index (χ4n) is 1.42. The maximum atomic E-state index is 4.97. The summed E-state index contributed by atoms with van der Waals surface area (Å²) in [6.45, 7) is 5.77. The number of rotatable bonds is 8. The Morgan fingerprint density at radius 3 is 3.13 bits per heavy atom. The van der Waals surface area contributed by atoms with Crippen LogP contribution in [0.4, 0.5) is 0 Å². The number of unbranched alkanes of at least 4 members (excludes halogenated alkanes) is 1. The smallest absolute Gasteiger partial charge is 0.0948 e. The molecule has 86 valence electrons. The second kappa shape index (κ2) is 7.43. The first-order valence-electron chi connectivity index (χ1n) is 5.57. The minimum Gasteiger partial charge on any atom is -0.383 e. The van der Waals surface area contributed by atoms with Gasteiger partial charge in [-0.15, -0.1) is 0 Å². The molecule has 1 N–H and O–H groups in total. The highest BCUT2D eigenvalue weighted by atomic mass is 16.5. The summed E-state index contributed by atoms with van der Waals surface area (Å²) in [5.74, 6) is 0. The molecule has 1 aromatic rings. The largest absolute Gasteiger partial charge is 0.383 e. The second-order valence-electron chi connectivity index (χ2n) is 3.60. The van der Waals surface area contributed by atoms with Crippen molar-refractivity contribution in [3.63, 3.8) is 0 Å². The topological polar surface area (TPSA) is 39.1 Å². The van der Waals surface area contributed by atoms with Gasteiger partial charge in [0, 0.05) is 32.9 Å². The maximum absolute atomic E-state index is 4.97. The van der Waals surface area contributed by atoms with E-state index in [2.05, 4.69) is 21.8 Å². The van der Waals surface area contributed by atoms with Crippen molar-refractivity contribution in [2.24, 2.45) is 0 Å². The normalized spacial score (nSPS) is 10.8. The molecule has 0 aliphatic rings. The van der Waals surface area contributed by atoms with Gasteiger partial charge in [-0.1, -0.05) is 13.3 Å². The van der Waals surface area contributed by atoms with E-state index in [9.17, 15) is 0 Å². The van der Waals surface area contributed by atoms with Gasteiger partial charge in [0.15, 0.2) is 0 Å². The van der Waals surface area contributed by atoms with Crippen LogP contribution in [0.15, 0.2) is 12.5 Å². The van der Waals surface area contributed by atoms with Crippen molar-refractivity contribution in [1.82, 2.24) is 14.9 Å². The lowest BCUT2D eigenvalue weighted by atomic mass is 10.3. The van der Waals surface area contributed by atoms with Crippen LogP contribution >= 0.6 is 0 Å². The monoisotopic (exact) mass is 211 g/mol. The van der Waals surface area contributed by atoms with Gasteiger partial charge < -0.3 is 14.6 Å². The third-order valence-electron chi connectivity index (χ3n) is 2.34. The van der Waals surface area contributed by atoms with E-state index < -0.39 is 0 Å². The number of hydrogen-bond donors (Lipinski definition) is 1. The van der Waals surface area contributed by atoms with Crippen LogP contribution in [0.1, 0.15) is 25.5 Å². The van der Waals surface area contributed by atoms with E-state index in [1.54, 1.807) is 7.11 Å². The van der Waals surface area contributed by atoms with E-state index in [0.29, 0.717) is 0 Å². The summed E-state index contributed by atoms with van der Waals surface area (Å²) in [4.78, 5) is 4.17.